The Balaban J connectivity index is 1.52. The van der Waals surface area contributed by atoms with E-state index in [2.05, 4.69) is 45.9 Å². The number of rotatable bonds is 3. The molecule has 0 fully saturated rings. The van der Waals surface area contributed by atoms with Crippen LogP contribution in [-0.2, 0) is 13.0 Å². The van der Waals surface area contributed by atoms with Crippen molar-refractivity contribution in [3.05, 3.63) is 89.5 Å². The fourth-order valence-corrected chi connectivity index (χ4v) is 3.58. The normalized spacial score (nSPS) is 13.0. The van der Waals surface area contributed by atoms with E-state index in [4.69, 9.17) is 9.98 Å². The van der Waals surface area contributed by atoms with E-state index in [9.17, 15) is 0 Å². The van der Waals surface area contributed by atoms with Gasteiger partial charge in [-0.05, 0) is 48.4 Å². The maximum Gasteiger partial charge on any atom is 0.107 e. The maximum absolute atomic E-state index is 4.80. The Kier molecular flexibility index (Phi) is 3.42. The molecule has 26 heavy (non-hydrogen) atoms. The van der Waals surface area contributed by atoms with Crippen LogP contribution in [0, 0.1) is 6.92 Å². The summed E-state index contributed by atoms with van der Waals surface area (Å²) in [6.45, 7) is 2.78. The van der Waals surface area contributed by atoms with Crippen LogP contribution >= 0.6 is 0 Å². The second-order valence-electron chi connectivity index (χ2n) is 6.63. The van der Waals surface area contributed by atoms with Gasteiger partial charge in [0, 0.05) is 12.6 Å². The molecule has 0 atom stereocenters. The summed E-state index contributed by atoms with van der Waals surface area (Å²) in [4.78, 5) is 14.0. The minimum Gasteiger partial charge on any atom is -0.322 e. The van der Waals surface area contributed by atoms with Gasteiger partial charge >= 0.3 is 0 Å². The summed E-state index contributed by atoms with van der Waals surface area (Å²) >= 11 is 0. The summed E-state index contributed by atoms with van der Waals surface area (Å²) in [6, 6.07) is 20.8. The van der Waals surface area contributed by atoms with E-state index in [1.807, 2.05) is 37.4 Å². The van der Waals surface area contributed by atoms with E-state index >= 15 is 0 Å². The second kappa shape index (κ2) is 5.92. The molecule has 5 rings (SSSR count). The van der Waals surface area contributed by atoms with Crippen LogP contribution in [0.2, 0.25) is 0 Å². The monoisotopic (exact) mass is 338 g/mol. The third-order valence-corrected chi connectivity index (χ3v) is 4.92. The van der Waals surface area contributed by atoms with Gasteiger partial charge in [-0.15, -0.1) is 0 Å². The lowest BCUT2D eigenvalue weighted by molar-refractivity contribution is 0.764. The fraction of sp³-hybridized carbons (Fsp3) is 0.136. The molecule has 126 valence electrons. The molecule has 1 aliphatic rings. The van der Waals surface area contributed by atoms with Crippen molar-refractivity contribution in [2.45, 2.75) is 19.9 Å². The van der Waals surface area contributed by atoms with Gasteiger partial charge in [0.15, 0.2) is 0 Å². The first kappa shape index (κ1) is 15.0. The van der Waals surface area contributed by atoms with Crippen LogP contribution in [0.15, 0.2) is 71.9 Å². The van der Waals surface area contributed by atoms with Crippen molar-refractivity contribution in [2.75, 3.05) is 0 Å². The van der Waals surface area contributed by atoms with E-state index < -0.39 is 0 Å². The summed E-state index contributed by atoms with van der Waals surface area (Å²) in [6.07, 6.45) is 2.72. The van der Waals surface area contributed by atoms with Gasteiger partial charge in [-0.2, -0.15) is 0 Å². The van der Waals surface area contributed by atoms with Crippen LogP contribution in [0.3, 0.4) is 0 Å². The molecule has 4 aromatic rings. The molecule has 0 aliphatic carbocycles. The molecule has 0 bridgehead atoms. The quantitative estimate of drug-likeness (QED) is 0.553. The van der Waals surface area contributed by atoms with Gasteiger partial charge in [-0.1, -0.05) is 30.3 Å². The minimum atomic E-state index is 0.731. The van der Waals surface area contributed by atoms with Crippen LogP contribution in [0.5, 0.6) is 0 Å². The molecule has 4 nitrogen and oxygen atoms in total. The summed E-state index contributed by atoms with van der Waals surface area (Å²) in [5.41, 5.74) is 7.82. The van der Waals surface area contributed by atoms with E-state index in [-0.39, 0.29) is 0 Å². The lowest BCUT2D eigenvalue weighted by Crippen LogP contribution is -2.04. The molecule has 0 radical (unpaired) electrons. The van der Waals surface area contributed by atoms with Gasteiger partial charge in [-0.25, -0.2) is 4.98 Å². The van der Waals surface area contributed by atoms with E-state index in [0.717, 1.165) is 52.5 Å². The number of benzene rings is 2. The predicted octanol–water partition coefficient (Wildman–Crippen LogP) is 4.46. The number of nitrogens with zero attached hydrogens (tertiary/aromatic N) is 4. The fourth-order valence-electron chi connectivity index (χ4n) is 3.58. The smallest absolute Gasteiger partial charge is 0.107 e. The molecular weight excluding hydrogens is 320 g/mol. The highest BCUT2D eigenvalue weighted by Gasteiger charge is 2.17. The van der Waals surface area contributed by atoms with Crippen molar-refractivity contribution in [3.8, 4) is 0 Å². The Morgan fingerprint density at radius 2 is 1.88 bits per heavy atom. The van der Waals surface area contributed by atoms with Crippen LogP contribution < -0.4 is 0 Å². The van der Waals surface area contributed by atoms with Gasteiger partial charge in [0.2, 0.25) is 0 Å². The van der Waals surface area contributed by atoms with Crippen LogP contribution in [-0.4, -0.2) is 20.2 Å². The number of fused-ring (bicyclic) bond motifs is 2. The zero-order chi connectivity index (χ0) is 17.5. The molecule has 2 aromatic heterocycles. The highest BCUT2D eigenvalue weighted by atomic mass is 15.1. The Hall–Kier alpha value is -3.27. The van der Waals surface area contributed by atoms with Crippen molar-refractivity contribution in [3.63, 3.8) is 0 Å². The third kappa shape index (κ3) is 2.51. The van der Waals surface area contributed by atoms with Crippen LogP contribution in [0.4, 0.5) is 5.69 Å². The highest BCUT2D eigenvalue weighted by Crippen LogP contribution is 2.29. The molecule has 0 amide bonds. The lowest BCUT2D eigenvalue weighted by atomic mass is 10.0. The largest absolute Gasteiger partial charge is 0.322 e. The summed E-state index contributed by atoms with van der Waals surface area (Å²) in [7, 11) is 0. The summed E-state index contributed by atoms with van der Waals surface area (Å²) in [5.74, 6) is 0.999. The van der Waals surface area contributed by atoms with Crippen LogP contribution in [0.1, 0.15) is 22.6 Å². The molecule has 0 N–H and O–H groups in total. The van der Waals surface area contributed by atoms with Crippen LogP contribution in [0.25, 0.3) is 11.0 Å². The average Bonchev–Trinajstić information content (AvgIpc) is 3.23. The number of aryl methyl sites for hydroxylation is 1. The second-order valence-corrected chi connectivity index (χ2v) is 6.63. The van der Waals surface area contributed by atoms with E-state index in [1.165, 1.54) is 5.56 Å². The zero-order valence-electron chi connectivity index (χ0n) is 14.6. The van der Waals surface area contributed by atoms with Crippen molar-refractivity contribution < 1.29 is 0 Å². The van der Waals surface area contributed by atoms with Gasteiger partial charge in [0.25, 0.3) is 0 Å². The molecule has 0 saturated heterocycles. The number of aromatic nitrogens is 3. The van der Waals surface area contributed by atoms with Gasteiger partial charge < -0.3 is 4.57 Å². The van der Waals surface area contributed by atoms with Crippen molar-refractivity contribution >= 4 is 22.4 Å². The van der Waals surface area contributed by atoms with Crippen molar-refractivity contribution in [1.29, 1.82) is 0 Å². The number of pyridine rings is 1. The first-order valence-corrected chi connectivity index (χ1v) is 8.80. The molecule has 2 aromatic carbocycles. The zero-order valence-corrected chi connectivity index (χ0v) is 14.6. The standard InChI is InChI=1S/C22H18N4/c1-15-24-21-13-17(20-12-16-6-2-3-8-19(16)25-20)9-10-22(21)26(15)14-18-7-4-5-11-23-18/h2-11,13H,12,14H2,1H3. The minimum absolute atomic E-state index is 0.731. The lowest BCUT2D eigenvalue weighted by Gasteiger charge is -2.07. The Morgan fingerprint density at radius 1 is 1.00 bits per heavy atom. The summed E-state index contributed by atoms with van der Waals surface area (Å²) in [5, 5.41) is 0. The van der Waals surface area contributed by atoms with Gasteiger partial charge in [0.05, 0.1) is 34.7 Å². The average molecular weight is 338 g/mol. The predicted molar refractivity (Wildman–Crippen MR) is 104 cm³/mol. The number of hydrogen-bond donors (Lipinski definition) is 0. The van der Waals surface area contributed by atoms with E-state index in [0.29, 0.717) is 0 Å². The molecule has 4 heteroatoms. The van der Waals surface area contributed by atoms with E-state index in [1.54, 1.807) is 0 Å². The molecule has 0 unspecified atom stereocenters. The number of para-hydroxylation sites is 1. The molecular formula is C22H18N4. The third-order valence-electron chi connectivity index (χ3n) is 4.92. The highest BCUT2D eigenvalue weighted by molar-refractivity contribution is 6.08. The number of imidazole rings is 1. The Bertz CT molecular complexity index is 1140. The number of aliphatic imine (C=N–C) groups is 1. The van der Waals surface area contributed by atoms with Gasteiger partial charge in [-0.3, -0.25) is 9.98 Å². The first-order valence-electron chi connectivity index (χ1n) is 8.80. The maximum atomic E-state index is 4.80. The SMILES string of the molecule is Cc1nc2cc(C3=Nc4ccccc4C3)ccc2n1Cc1ccccn1. The Morgan fingerprint density at radius 3 is 2.73 bits per heavy atom. The topological polar surface area (TPSA) is 43.1 Å². The summed E-state index contributed by atoms with van der Waals surface area (Å²) < 4.78 is 2.21. The molecule has 0 spiro atoms. The van der Waals surface area contributed by atoms with Crippen molar-refractivity contribution in [1.82, 2.24) is 14.5 Å². The molecule has 1 aliphatic heterocycles. The first-order chi connectivity index (χ1) is 12.8. The van der Waals surface area contributed by atoms with Crippen molar-refractivity contribution in [2.24, 2.45) is 4.99 Å². The number of hydrogen-bond acceptors (Lipinski definition) is 3. The molecule has 3 heterocycles. The van der Waals surface area contributed by atoms with Gasteiger partial charge in [0.1, 0.15) is 5.82 Å². The molecule has 0 saturated carbocycles. The Labute approximate surface area is 151 Å².